The van der Waals surface area contributed by atoms with Crippen molar-refractivity contribution < 1.29 is 9.84 Å². The van der Waals surface area contributed by atoms with Crippen LogP contribution in [0.5, 0.6) is 0 Å². The molecule has 2 rings (SSSR count). The highest BCUT2D eigenvalue weighted by atomic mass is 16.5. The fourth-order valence-electron chi connectivity index (χ4n) is 2.65. The number of aliphatic hydroxyl groups is 1. The molecule has 2 N–H and O–H groups in total. The number of aliphatic hydroxyl groups excluding tert-OH is 1. The Hall–Kier alpha value is -0.120. The topological polar surface area (TPSA) is 41.5 Å². The predicted octanol–water partition coefficient (Wildman–Crippen LogP) is 1.06. The Labute approximate surface area is 85.8 Å². The number of hydrogen-bond donors (Lipinski definition) is 2. The zero-order valence-corrected chi connectivity index (χ0v) is 8.80. The molecule has 0 aliphatic carbocycles. The van der Waals surface area contributed by atoms with Crippen LogP contribution >= 0.6 is 0 Å². The van der Waals surface area contributed by atoms with Gasteiger partial charge in [0.05, 0.1) is 12.7 Å². The van der Waals surface area contributed by atoms with Gasteiger partial charge in [0.15, 0.2) is 0 Å². The van der Waals surface area contributed by atoms with Crippen LogP contribution in [0.25, 0.3) is 0 Å². The summed E-state index contributed by atoms with van der Waals surface area (Å²) in [7, 11) is 0. The fourth-order valence-corrected chi connectivity index (χ4v) is 2.65. The summed E-state index contributed by atoms with van der Waals surface area (Å²) in [5.41, 5.74) is -0.0258. The monoisotopic (exact) mass is 199 g/mol. The molecule has 0 aromatic carbocycles. The van der Waals surface area contributed by atoms with E-state index in [2.05, 4.69) is 5.32 Å². The Morgan fingerprint density at radius 3 is 2.86 bits per heavy atom. The molecule has 14 heavy (non-hydrogen) atoms. The van der Waals surface area contributed by atoms with E-state index in [4.69, 9.17) is 4.74 Å². The molecule has 0 aromatic heterocycles. The van der Waals surface area contributed by atoms with Gasteiger partial charge in [0.25, 0.3) is 0 Å². The van der Waals surface area contributed by atoms with Crippen molar-refractivity contribution >= 4 is 0 Å². The van der Waals surface area contributed by atoms with Crippen molar-refractivity contribution in [1.82, 2.24) is 5.32 Å². The molecule has 2 aliphatic rings. The summed E-state index contributed by atoms with van der Waals surface area (Å²) in [6, 6.07) is 0. The Bertz CT molecular complexity index is 172. The summed E-state index contributed by atoms with van der Waals surface area (Å²) in [5, 5.41) is 12.9. The van der Waals surface area contributed by atoms with Crippen molar-refractivity contribution in [3.63, 3.8) is 0 Å². The largest absolute Gasteiger partial charge is 0.394 e. The zero-order chi connectivity index (χ0) is 9.86. The van der Waals surface area contributed by atoms with Crippen LogP contribution in [-0.4, -0.2) is 36.5 Å². The molecule has 3 heteroatoms. The lowest BCUT2D eigenvalue weighted by Crippen LogP contribution is -2.47. The van der Waals surface area contributed by atoms with E-state index < -0.39 is 0 Å². The van der Waals surface area contributed by atoms with Crippen molar-refractivity contribution in [3.05, 3.63) is 0 Å². The van der Waals surface area contributed by atoms with Crippen LogP contribution < -0.4 is 5.32 Å². The highest BCUT2D eigenvalue weighted by Crippen LogP contribution is 2.28. The molecule has 2 saturated heterocycles. The Balaban J connectivity index is 1.86. The second-order valence-electron chi connectivity index (χ2n) is 4.66. The van der Waals surface area contributed by atoms with Gasteiger partial charge in [0.1, 0.15) is 0 Å². The average Bonchev–Trinajstić information content (AvgIpc) is 2.69. The van der Waals surface area contributed by atoms with Gasteiger partial charge in [-0.25, -0.2) is 0 Å². The van der Waals surface area contributed by atoms with Crippen LogP contribution in [0.15, 0.2) is 0 Å². The van der Waals surface area contributed by atoms with Gasteiger partial charge in [0.2, 0.25) is 0 Å². The highest BCUT2D eigenvalue weighted by molar-refractivity contribution is 4.94. The summed E-state index contributed by atoms with van der Waals surface area (Å²) in [5.74, 6) is 0. The van der Waals surface area contributed by atoms with E-state index in [0.29, 0.717) is 6.10 Å². The van der Waals surface area contributed by atoms with E-state index in [1.165, 1.54) is 25.7 Å². The predicted molar refractivity (Wildman–Crippen MR) is 55.3 cm³/mol. The maximum absolute atomic E-state index is 9.43. The van der Waals surface area contributed by atoms with Crippen LogP contribution in [0.3, 0.4) is 0 Å². The van der Waals surface area contributed by atoms with E-state index in [0.717, 1.165) is 26.0 Å². The van der Waals surface area contributed by atoms with Gasteiger partial charge < -0.3 is 15.2 Å². The summed E-state index contributed by atoms with van der Waals surface area (Å²) in [6.07, 6.45) is 7.31. The SMILES string of the molecule is OCC1(CC2CCCCO2)CCCN1. The Kier molecular flexibility index (Phi) is 3.42. The van der Waals surface area contributed by atoms with Crippen LogP contribution in [-0.2, 0) is 4.74 Å². The van der Waals surface area contributed by atoms with E-state index in [-0.39, 0.29) is 12.1 Å². The van der Waals surface area contributed by atoms with Crippen LogP contribution in [0.2, 0.25) is 0 Å². The molecule has 2 unspecified atom stereocenters. The molecule has 0 spiro atoms. The van der Waals surface area contributed by atoms with Gasteiger partial charge in [-0.1, -0.05) is 0 Å². The van der Waals surface area contributed by atoms with Gasteiger partial charge in [0, 0.05) is 12.1 Å². The first-order valence-corrected chi connectivity index (χ1v) is 5.82. The highest BCUT2D eigenvalue weighted by Gasteiger charge is 2.35. The van der Waals surface area contributed by atoms with Gasteiger partial charge in [-0.15, -0.1) is 0 Å². The van der Waals surface area contributed by atoms with E-state index in [1.54, 1.807) is 0 Å². The van der Waals surface area contributed by atoms with E-state index in [1.807, 2.05) is 0 Å². The third-order valence-corrected chi connectivity index (χ3v) is 3.53. The smallest absolute Gasteiger partial charge is 0.0614 e. The second-order valence-corrected chi connectivity index (χ2v) is 4.66. The third-order valence-electron chi connectivity index (χ3n) is 3.53. The summed E-state index contributed by atoms with van der Waals surface area (Å²) >= 11 is 0. The van der Waals surface area contributed by atoms with E-state index >= 15 is 0 Å². The lowest BCUT2D eigenvalue weighted by Gasteiger charge is -2.33. The van der Waals surface area contributed by atoms with Crippen molar-refractivity contribution in [2.75, 3.05) is 19.8 Å². The minimum Gasteiger partial charge on any atom is -0.394 e. The van der Waals surface area contributed by atoms with Gasteiger partial charge >= 0.3 is 0 Å². The molecule has 3 nitrogen and oxygen atoms in total. The molecule has 0 aromatic rings. The number of ether oxygens (including phenoxy) is 1. The molecule has 82 valence electrons. The summed E-state index contributed by atoms with van der Waals surface area (Å²) < 4.78 is 5.72. The average molecular weight is 199 g/mol. The molecule has 0 bridgehead atoms. The van der Waals surface area contributed by atoms with Crippen molar-refractivity contribution in [1.29, 1.82) is 0 Å². The minimum atomic E-state index is -0.0258. The molecule has 2 fully saturated rings. The van der Waals surface area contributed by atoms with Gasteiger partial charge in [-0.2, -0.15) is 0 Å². The van der Waals surface area contributed by atoms with Crippen molar-refractivity contribution in [2.24, 2.45) is 0 Å². The number of rotatable bonds is 3. The minimum absolute atomic E-state index is 0.0258. The first-order chi connectivity index (χ1) is 6.85. The molecule has 2 heterocycles. The quantitative estimate of drug-likeness (QED) is 0.714. The first kappa shape index (κ1) is 10.4. The van der Waals surface area contributed by atoms with Crippen LogP contribution in [0, 0.1) is 0 Å². The lowest BCUT2D eigenvalue weighted by atomic mass is 9.89. The third kappa shape index (κ3) is 2.27. The van der Waals surface area contributed by atoms with Crippen LogP contribution in [0.4, 0.5) is 0 Å². The fraction of sp³-hybridized carbons (Fsp3) is 1.00. The van der Waals surface area contributed by atoms with Crippen molar-refractivity contribution in [2.45, 2.75) is 50.2 Å². The normalized spacial score (nSPS) is 38.8. The second kappa shape index (κ2) is 4.60. The Morgan fingerprint density at radius 1 is 1.36 bits per heavy atom. The molecule has 2 atom stereocenters. The zero-order valence-electron chi connectivity index (χ0n) is 8.80. The van der Waals surface area contributed by atoms with E-state index in [9.17, 15) is 5.11 Å². The first-order valence-electron chi connectivity index (χ1n) is 5.82. The molecular weight excluding hydrogens is 178 g/mol. The van der Waals surface area contributed by atoms with Gasteiger partial charge in [-0.3, -0.25) is 0 Å². The summed E-state index contributed by atoms with van der Waals surface area (Å²) in [6.45, 7) is 2.21. The maximum atomic E-state index is 9.43. The molecular formula is C11H21NO2. The molecule has 0 saturated carbocycles. The standard InChI is InChI=1S/C11H21NO2/c13-9-11(5-3-6-12-11)8-10-4-1-2-7-14-10/h10,12-13H,1-9H2. The maximum Gasteiger partial charge on any atom is 0.0614 e. The van der Waals surface area contributed by atoms with Gasteiger partial charge in [-0.05, 0) is 45.1 Å². The van der Waals surface area contributed by atoms with Crippen LogP contribution in [0.1, 0.15) is 38.5 Å². The lowest BCUT2D eigenvalue weighted by molar-refractivity contribution is -0.0124. The number of nitrogens with one attached hydrogen (secondary N) is 1. The molecule has 0 amide bonds. The number of hydrogen-bond acceptors (Lipinski definition) is 3. The molecule has 0 radical (unpaired) electrons. The summed E-state index contributed by atoms with van der Waals surface area (Å²) in [4.78, 5) is 0. The van der Waals surface area contributed by atoms with Crippen molar-refractivity contribution in [3.8, 4) is 0 Å². The Morgan fingerprint density at radius 2 is 2.29 bits per heavy atom. The molecule has 2 aliphatic heterocycles.